The monoisotopic (exact) mass is 225 g/mol. The molecule has 1 aliphatic heterocycles. The first kappa shape index (κ1) is 10.5. The topological polar surface area (TPSA) is 49.3 Å². The number of hydrogen-bond acceptors (Lipinski definition) is 2. The number of benzene rings is 1. The van der Waals surface area contributed by atoms with Crippen molar-refractivity contribution in [1.82, 2.24) is 5.32 Å². The van der Waals surface area contributed by atoms with E-state index in [4.69, 9.17) is 16.7 Å². The zero-order valence-corrected chi connectivity index (χ0v) is 8.87. The Morgan fingerprint density at radius 2 is 2.00 bits per heavy atom. The maximum absolute atomic E-state index is 11.0. The lowest BCUT2D eigenvalue weighted by Crippen LogP contribution is -2.20. The van der Waals surface area contributed by atoms with Crippen molar-refractivity contribution in [2.75, 3.05) is 13.1 Å². The molecular weight excluding hydrogens is 214 g/mol. The lowest BCUT2D eigenvalue weighted by molar-refractivity contribution is -0.141. The van der Waals surface area contributed by atoms with Crippen LogP contribution in [0.1, 0.15) is 11.5 Å². The van der Waals surface area contributed by atoms with Gasteiger partial charge in [0.1, 0.15) is 0 Å². The molecule has 1 aliphatic rings. The molecule has 2 rings (SSSR count). The van der Waals surface area contributed by atoms with Gasteiger partial charge in [0.2, 0.25) is 0 Å². The average Bonchev–Trinajstić information content (AvgIpc) is 2.67. The van der Waals surface area contributed by atoms with Gasteiger partial charge < -0.3 is 10.4 Å². The Hall–Kier alpha value is -1.06. The highest BCUT2D eigenvalue weighted by Gasteiger charge is 2.33. The van der Waals surface area contributed by atoms with E-state index in [1.165, 1.54) is 0 Å². The van der Waals surface area contributed by atoms with Gasteiger partial charge in [0.05, 0.1) is 5.92 Å². The lowest BCUT2D eigenvalue weighted by atomic mass is 9.89. The van der Waals surface area contributed by atoms with E-state index in [2.05, 4.69) is 5.32 Å². The minimum absolute atomic E-state index is 0.0553. The molecule has 1 aromatic carbocycles. The molecular formula is C11H12ClNO2. The first-order valence-corrected chi connectivity index (χ1v) is 5.25. The number of halogens is 1. The van der Waals surface area contributed by atoms with E-state index in [-0.39, 0.29) is 11.8 Å². The molecule has 1 aromatic rings. The Labute approximate surface area is 93.1 Å². The fourth-order valence-electron chi connectivity index (χ4n) is 2.00. The van der Waals surface area contributed by atoms with Crippen molar-refractivity contribution in [1.29, 1.82) is 0 Å². The third-order valence-electron chi connectivity index (χ3n) is 2.83. The van der Waals surface area contributed by atoms with Crippen molar-refractivity contribution in [2.24, 2.45) is 5.92 Å². The van der Waals surface area contributed by atoms with Crippen molar-refractivity contribution in [3.8, 4) is 0 Å². The second kappa shape index (κ2) is 4.21. The molecule has 0 amide bonds. The number of nitrogens with one attached hydrogen (secondary N) is 1. The Balaban J connectivity index is 2.22. The highest BCUT2D eigenvalue weighted by atomic mass is 35.5. The Morgan fingerprint density at radius 1 is 1.33 bits per heavy atom. The molecule has 0 unspecified atom stereocenters. The van der Waals surface area contributed by atoms with Crippen LogP contribution >= 0.6 is 11.6 Å². The molecule has 4 heteroatoms. The SMILES string of the molecule is O=C(O)[C@H]1CNC[C@@H]1c1ccc(Cl)cc1. The van der Waals surface area contributed by atoms with E-state index in [9.17, 15) is 4.79 Å². The second-order valence-electron chi connectivity index (χ2n) is 3.76. The van der Waals surface area contributed by atoms with Crippen LogP contribution in [0.4, 0.5) is 0 Å². The highest BCUT2D eigenvalue weighted by molar-refractivity contribution is 6.30. The van der Waals surface area contributed by atoms with E-state index in [1.807, 2.05) is 12.1 Å². The summed E-state index contributed by atoms with van der Waals surface area (Å²) < 4.78 is 0. The van der Waals surface area contributed by atoms with E-state index >= 15 is 0 Å². The molecule has 2 N–H and O–H groups in total. The maximum atomic E-state index is 11.0. The van der Waals surface area contributed by atoms with Gasteiger partial charge in [0.15, 0.2) is 0 Å². The summed E-state index contributed by atoms with van der Waals surface area (Å²) in [6.45, 7) is 1.27. The van der Waals surface area contributed by atoms with Gasteiger partial charge in [-0.2, -0.15) is 0 Å². The number of carboxylic acids is 1. The van der Waals surface area contributed by atoms with Crippen LogP contribution in [0.5, 0.6) is 0 Å². The van der Waals surface area contributed by atoms with Gasteiger partial charge in [0.25, 0.3) is 0 Å². The van der Waals surface area contributed by atoms with Crippen LogP contribution in [0, 0.1) is 5.92 Å². The van der Waals surface area contributed by atoms with E-state index < -0.39 is 5.97 Å². The molecule has 0 spiro atoms. The van der Waals surface area contributed by atoms with Crippen LogP contribution in [-0.2, 0) is 4.79 Å². The van der Waals surface area contributed by atoms with Gasteiger partial charge in [-0.25, -0.2) is 0 Å². The van der Waals surface area contributed by atoms with Gasteiger partial charge in [-0.3, -0.25) is 4.79 Å². The molecule has 3 nitrogen and oxygen atoms in total. The van der Waals surface area contributed by atoms with Crippen molar-refractivity contribution >= 4 is 17.6 Å². The van der Waals surface area contributed by atoms with Crippen LogP contribution in [0.2, 0.25) is 5.02 Å². The van der Waals surface area contributed by atoms with Crippen LogP contribution in [0.25, 0.3) is 0 Å². The van der Waals surface area contributed by atoms with Crippen molar-refractivity contribution in [3.05, 3.63) is 34.9 Å². The summed E-state index contributed by atoms with van der Waals surface area (Å²) in [6.07, 6.45) is 0. The number of aliphatic carboxylic acids is 1. The van der Waals surface area contributed by atoms with Crippen LogP contribution < -0.4 is 5.32 Å². The lowest BCUT2D eigenvalue weighted by Gasteiger charge is -2.14. The fourth-order valence-corrected chi connectivity index (χ4v) is 2.12. The third kappa shape index (κ3) is 2.13. The molecule has 1 heterocycles. The van der Waals surface area contributed by atoms with Crippen molar-refractivity contribution < 1.29 is 9.90 Å². The van der Waals surface area contributed by atoms with Gasteiger partial charge >= 0.3 is 5.97 Å². The molecule has 0 bridgehead atoms. The number of hydrogen-bond donors (Lipinski definition) is 2. The standard InChI is InChI=1S/C11H12ClNO2/c12-8-3-1-7(2-4-8)9-5-13-6-10(9)11(14)15/h1-4,9-10,13H,5-6H2,(H,14,15)/t9-,10+/m1/s1. The number of rotatable bonds is 2. The Bertz CT molecular complexity index is 363. The zero-order valence-electron chi connectivity index (χ0n) is 8.11. The molecule has 1 fully saturated rings. The molecule has 15 heavy (non-hydrogen) atoms. The quantitative estimate of drug-likeness (QED) is 0.806. The van der Waals surface area contributed by atoms with Gasteiger partial charge in [-0.05, 0) is 17.7 Å². The van der Waals surface area contributed by atoms with Crippen molar-refractivity contribution in [3.63, 3.8) is 0 Å². The maximum Gasteiger partial charge on any atom is 0.308 e. The molecule has 80 valence electrons. The zero-order chi connectivity index (χ0) is 10.8. The molecule has 2 atom stereocenters. The summed E-state index contributed by atoms with van der Waals surface area (Å²) in [4.78, 5) is 11.0. The average molecular weight is 226 g/mol. The van der Waals surface area contributed by atoms with Gasteiger partial charge in [-0.1, -0.05) is 23.7 Å². The Morgan fingerprint density at radius 3 is 2.60 bits per heavy atom. The fraction of sp³-hybridized carbons (Fsp3) is 0.364. The summed E-state index contributed by atoms with van der Waals surface area (Å²) in [5.41, 5.74) is 1.04. The smallest absolute Gasteiger partial charge is 0.308 e. The molecule has 0 aliphatic carbocycles. The first-order chi connectivity index (χ1) is 7.18. The Kier molecular flexibility index (Phi) is 2.93. The number of carboxylic acid groups (broad SMARTS) is 1. The predicted molar refractivity (Wildman–Crippen MR) is 58.2 cm³/mol. The van der Waals surface area contributed by atoms with Crippen LogP contribution in [0.3, 0.4) is 0 Å². The van der Waals surface area contributed by atoms with Crippen LogP contribution in [-0.4, -0.2) is 24.2 Å². The highest BCUT2D eigenvalue weighted by Crippen LogP contribution is 2.28. The molecule has 0 aromatic heterocycles. The first-order valence-electron chi connectivity index (χ1n) is 4.87. The number of carbonyl (C=O) groups is 1. The molecule has 0 radical (unpaired) electrons. The minimum atomic E-state index is -0.736. The minimum Gasteiger partial charge on any atom is -0.481 e. The summed E-state index contributed by atoms with van der Waals surface area (Å²) in [5, 5.41) is 12.8. The van der Waals surface area contributed by atoms with Gasteiger partial charge in [-0.15, -0.1) is 0 Å². The van der Waals surface area contributed by atoms with E-state index in [1.54, 1.807) is 12.1 Å². The molecule has 0 saturated carbocycles. The summed E-state index contributed by atoms with van der Waals surface area (Å²) in [6, 6.07) is 7.40. The van der Waals surface area contributed by atoms with E-state index in [0.29, 0.717) is 11.6 Å². The second-order valence-corrected chi connectivity index (χ2v) is 4.20. The normalized spacial score (nSPS) is 25.4. The third-order valence-corrected chi connectivity index (χ3v) is 3.08. The van der Waals surface area contributed by atoms with Crippen LogP contribution in [0.15, 0.2) is 24.3 Å². The summed E-state index contributed by atoms with van der Waals surface area (Å²) in [5.74, 6) is -1.01. The summed E-state index contributed by atoms with van der Waals surface area (Å²) >= 11 is 5.79. The largest absolute Gasteiger partial charge is 0.481 e. The van der Waals surface area contributed by atoms with E-state index in [0.717, 1.165) is 12.1 Å². The predicted octanol–water partition coefficient (Wildman–Crippen LogP) is 1.73. The van der Waals surface area contributed by atoms with Crippen molar-refractivity contribution in [2.45, 2.75) is 5.92 Å². The van der Waals surface area contributed by atoms with Gasteiger partial charge in [0, 0.05) is 24.0 Å². The molecule has 1 saturated heterocycles. The summed E-state index contributed by atoms with van der Waals surface area (Å²) in [7, 11) is 0.